The second-order valence-electron chi connectivity index (χ2n) is 6.10. The quantitative estimate of drug-likeness (QED) is 0.815. The zero-order valence-electron chi connectivity index (χ0n) is 11.1. The van der Waals surface area contributed by atoms with Crippen LogP contribution in [0.25, 0.3) is 0 Å². The molecule has 0 aromatic rings. The summed E-state index contributed by atoms with van der Waals surface area (Å²) in [5.74, 6) is 1.85. The van der Waals surface area contributed by atoms with Gasteiger partial charge in [-0.05, 0) is 43.9 Å². The second-order valence-corrected chi connectivity index (χ2v) is 6.10. The van der Waals surface area contributed by atoms with Gasteiger partial charge in [-0.25, -0.2) is 0 Å². The number of hydrogen-bond donors (Lipinski definition) is 1. The maximum Gasteiger partial charge on any atom is 0.226 e. The van der Waals surface area contributed by atoms with Crippen LogP contribution < -0.4 is 0 Å². The molecule has 2 rings (SSSR count). The largest absolute Gasteiger partial charge is 0.395 e. The average Bonchev–Trinajstić information content (AvgIpc) is 3.07. The molecule has 3 nitrogen and oxygen atoms in total. The number of carbonyl (C=O) groups is 1. The summed E-state index contributed by atoms with van der Waals surface area (Å²) < 4.78 is 0. The molecule has 2 atom stereocenters. The summed E-state index contributed by atoms with van der Waals surface area (Å²) in [4.78, 5) is 14.4. The summed E-state index contributed by atoms with van der Waals surface area (Å²) in [6, 6.07) is 0.433. The third kappa shape index (κ3) is 3.21. The minimum atomic E-state index is 0.0973. The van der Waals surface area contributed by atoms with Crippen LogP contribution in [0.4, 0.5) is 0 Å². The highest BCUT2D eigenvalue weighted by atomic mass is 16.3. The summed E-state index contributed by atoms with van der Waals surface area (Å²) in [6.07, 6.45) is 5.59. The molecule has 2 aliphatic carbocycles. The van der Waals surface area contributed by atoms with Crippen molar-refractivity contribution in [1.82, 2.24) is 4.90 Å². The monoisotopic (exact) mass is 239 g/mol. The first-order valence-corrected chi connectivity index (χ1v) is 7.03. The number of aliphatic hydroxyl groups excluding tert-OH is 1. The van der Waals surface area contributed by atoms with Crippen LogP contribution in [0.5, 0.6) is 0 Å². The van der Waals surface area contributed by atoms with E-state index >= 15 is 0 Å². The molecular formula is C14H25NO2. The van der Waals surface area contributed by atoms with Crippen molar-refractivity contribution >= 4 is 5.91 Å². The lowest BCUT2D eigenvalue weighted by atomic mass is 9.76. The molecule has 0 saturated heterocycles. The van der Waals surface area contributed by atoms with Gasteiger partial charge in [0.1, 0.15) is 0 Å². The minimum Gasteiger partial charge on any atom is -0.395 e. The first-order chi connectivity index (χ1) is 8.11. The third-order valence-electron chi connectivity index (χ3n) is 4.14. The summed E-state index contributed by atoms with van der Waals surface area (Å²) in [5, 5.41) is 9.07. The summed E-state index contributed by atoms with van der Waals surface area (Å²) >= 11 is 0. The molecule has 2 fully saturated rings. The van der Waals surface area contributed by atoms with Crippen molar-refractivity contribution in [3.05, 3.63) is 0 Å². The van der Waals surface area contributed by atoms with Crippen molar-refractivity contribution in [2.24, 2.45) is 17.8 Å². The SMILES string of the molecule is CC1CC(C)CC(C(=O)N(CCO)C2CC2)C1. The van der Waals surface area contributed by atoms with Gasteiger partial charge >= 0.3 is 0 Å². The predicted octanol–water partition coefficient (Wildman–Crippen LogP) is 2.04. The van der Waals surface area contributed by atoms with E-state index in [0.717, 1.165) is 25.7 Å². The van der Waals surface area contributed by atoms with Crippen LogP contribution >= 0.6 is 0 Å². The smallest absolute Gasteiger partial charge is 0.226 e. The Labute approximate surface area is 104 Å². The molecular weight excluding hydrogens is 214 g/mol. The van der Waals surface area contributed by atoms with E-state index in [2.05, 4.69) is 13.8 Å². The van der Waals surface area contributed by atoms with E-state index in [1.807, 2.05) is 4.90 Å². The fourth-order valence-electron chi connectivity index (χ4n) is 3.35. The van der Waals surface area contributed by atoms with Gasteiger partial charge in [0.2, 0.25) is 5.91 Å². The van der Waals surface area contributed by atoms with E-state index in [0.29, 0.717) is 30.3 Å². The van der Waals surface area contributed by atoms with Crippen LogP contribution in [0.3, 0.4) is 0 Å². The second kappa shape index (κ2) is 5.38. The molecule has 0 spiro atoms. The standard InChI is InChI=1S/C14H25NO2/c1-10-7-11(2)9-12(8-10)14(17)15(5-6-16)13-3-4-13/h10-13,16H,3-9H2,1-2H3. The van der Waals surface area contributed by atoms with Crippen molar-refractivity contribution < 1.29 is 9.90 Å². The Morgan fingerprint density at radius 1 is 1.18 bits per heavy atom. The van der Waals surface area contributed by atoms with Gasteiger partial charge in [0.15, 0.2) is 0 Å². The van der Waals surface area contributed by atoms with Crippen LogP contribution in [-0.4, -0.2) is 35.1 Å². The predicted molar refractivity (Wildman–Crippen MR) is 67.5 cm³/mol. The third-order valence-corrected chi connectivity index (χ3v) is 4.14. The molecule has 0 heterocycles. The molecule has 3 heteroatoms. The van der Waals surface area contributed by atoms with Gasteiger partial charge < -0.3 is 10.0 Å². The Kier molecular flexibility index (Phi) is 4.08. The molecule has 0 aromatic carbocycles. The van der Waals surface area contributed by atoms with Gasteiger partial charge in [0.25, 0.3) is 0 Å². The van der Waals surface area contributed by atoms with E-state index in [4.69, 9.17) is 5.11 Å². The lowest BCUT2D eigenvalue weighted by Crippen LogP contribution is -2.42. The Hall–Kier alpha value is -0.570. The molecule has 2 aliphatic rings. The van der Waals surface area contributed by atoms with Crippen molar-refractivity contribution in [2.45, 2.75) is 52.0 Å². The van der Waals surface area contributed by atoms with E-state index < -0.39 is 0 Å². The number of aliphatic hydroxyl groups is 1. The van der Waals surface area contributed by atoms with Crippen molar-refractivity contribution in [3.8, 4) is 0 Å². The number of hydrogen-bond acceptors (Lipinski definition) is 2. The van der Waals surface area contributed by atoms with Gasteiger partial charge in [-0.3, -0.25) is 4.79 Å². The van der Waals surface area contributed by atoms with Crippen molar-refractivity contribution in [3.63, 3.8) is 0 Å². The lowest BCUT2D eigenvalue weighted by molar-refractivity contribution is -0.138. The molecule has 0 radical (unpaired) electrons. The fourth-order valence-corrected chi connectivity index (χ4v) is 3.35. The van der Waals surface area contributed by atoms with Crippen LogP contribution in [0.1, 0.15) is 46.0 Å². The first-order valence-electron chi connectivity index (χ1n) is 7.03. The normalized spacial score (nSPS) is 33.5. The Morgan fingerprint density at radius 2 is 1.76 bits per heavy atom. The molecule has 1 amide bonds. The van der Waals surface area contributed by atoms with Gasteiger partial charge in [0, 0.05) is 18.5 Å². The summed E-state index contributed by atoms with van der Waals surface area (Å²) in [5.41, 5.74) is 0. The summed E-state index contributed by atoms with van der Waals surface area (Å²) in [6.45, 7) is 5.13. The Bertz CT molecular complexity index is 265. The topological polar surface area (TPSA) is 40.5 Å². The molecule has 2 unspecified atom stereocenters. The zero-order valence-corrected chi connectivity index (χ0v) is 11.1. The van der Waals surface area contributed by atoms with E-state index in [1.54, 1.807) is 0 Å². The van der Waals surface area contributed by atoms with Crippen molar-refractivity contribution in [2.75, 3.05) is 13.2 Å². The van der Waals surface area contributed by atoms with Gasteiger partial charge in [-0.15, -0.1) is 0 Å². The molecule has 0 aromatic heterocycles. The number of amides is 1. The molecule has 2 saturated carbocycles. The fraction of sp³-hybridized carbons (Fsp3) is 0.929. The molecule has 98 valence electrons. The molecule has 17 heavy (non-hydrogen) atoms. The molecule has 0 aliphatic heterocycles. The number of carbonyl (C=O) groups excluding carboxylic acids is 1. The average molecular weight is 239 g/mol. The highest BCUT2D eigenvalue weighted by Gasteiger charge is 2.37. The maximum absolute atomic E-state index is 12.5. The van der Waals surface area contributed by atoms with Crippen LogP contribution in [0, 0.1) is 17.8 Å². The zero-order chi connectivity index (χ0) is 12.4. The van der Waals surface area contributed by atoms with Crippen LogP contribution in [0.2, 0.25) is 0 Å². The lowest BCUT2D eigenvalue weighted by Gasteiger charge is -2.34. The first kappa shape index (κ1) is 12.9. The van der Waals surface area contributed by atoms with Crippen LogP contribution in [-0.2, 0) is 4.79 Å². The Morgan fingerprint density at radius 3 is 2.24 bits per heavy atom. The van der Waals surface area contributed by atoms with E-state index in [9.17, 15) is 4.79 Å². The van der Waals surface area contributed by atoms with Crippen LogP contribution in [0.15, 0.2) is 0 Å². The maximum atomic E-state index is 12.5. The highest BCUT2D eigenvalue weighted by molar-refractivity contribution is 5.79. The van der Waals surface area contributed by atoms with Gasteiger partial charge in [0.05, 0.1) is 6.61 Å². The van der Waals surface area contributed by atoms with Gasteiger partial charge in [-0.2, -0.15) is 0 Å². The summed E-state index contributed by atoms with van der Waals surface area (Å²) in [7, 11) is 0. The van der Waals surface area contributed by atoms with E-state index in [-0.39, 0.29) is 12.5 Å². The number of nitrogens with zero attached hydrogens (tertiary/aromatic N) is 1. The molecule has 1 N–H and O–H groups in total. The molecule has 0 bridgehead atoms. The highest BCUT2D eigenvalue weighted by Crippen LogP contribution is 2.36. The number of rotatable bonds is 4. The van der Waals surface area contributed by atoms with Gasteiger partial charge in [-0.1, -0.05) is 13.8 Å². The van der Waals surface area contributed by atoms with E-state index in [1.165, 1.54) is 6.42 Å². The Balaban J connectivity index is 1.96. The minimum absolute atomic E-state index is 0.0973. The van der Waals surface area contributed by atoms with Crippen molar-refractivity contribution in [1.29, 1.82) is 0 Å².